The zero-order valence-corrected chi connectivity index (χ0v) is 3.51. The first-order chi connectivity index (χ1) is 3.43. The molecule has 0 saturated carbocycles. The van der Waals surface area contributed by atoms with Crippen LogP contribution in [0.15, 0.2) is 12.0 Å². The number of ether oxygens (including phenoxy) is 1. The Hall–Kier alpha value is -1.17. The van der Waals surface area contributed by atoms with Crippen molar-refractivity contribution in [3.63, 3.8) is 0 Å². The lowest BCUT2D eigenvalue weighted by atomic mass is 10.6. The maximum atomic E-state index is 8.09. The summed E-state index contributed by atoms with van der Waals surface area (Å²) in [6, 6.07) is 1.86. The molecule has 0 aromatic rings. The van der Waals surface area contributed by atoms with Gasteiger partial charge in [0.05, 0.1) is 0 Å². The van der Waals surface area contributed by atoms with Crippen molar-refractivity contribution in [2.24, 2.45) is 0 Å². The molecule has 0 bridgehead atoms. The molecule has 0 saturated heterocycles. The minimum atomic E-state index is 0.444. The molecule has 1 radical (unpaired) electrons. The van der Waals surface area contributed by atoms with Gasteiger partial charge in [0, 0.05) is 0 Å². The number of nitrogens with one attached hydrogen (secondary N) is 1. The number of hydrogen-bond donors (Lipinski definition) is 1. The van der Waals surface area contributed by atoms with Crippen LogP contribution in [0.2, 0.25) is 0 Å². The summed E-state index contributed by atoms with van der Waals surface area (Å²) < 4.78 is 4.53. The highest BCUT2D eigenvalue weighted by Crippen LogP contribution is 1.96. The third-order valence-corrected chi connectivity index (χ3v) is 0.589. The van der Waals surface area contributed by atoms with E-state index in [2.05, 4.69) is 10.1 Å². The van der Waals surface area contributed by atoms with Gasteiger partial charge in [-0.25, -0.2) is 0 Å². The first-order valence-corrected chi connectivity index (χ1v) is 1.77. The van der Waals surface area contributed by atoms with Crippen molar-refractivity contribution < 1.29 is 4.74 Å². The average Bonchev–Trinajstić information content (AvgIpc) is 2.14. The van der Waals surface area contributed by atoms with Crippen LogP contribution >= 0.6 is 0 Å². The van der Waals surface area contributed by atoms with Crippen LogP contribution in [-0.2, 0) is 4.74 Å². The van der Waals surface area contributed by atoms with Crippen LogP contribution in [-0.4, -0.2) is 0 Å². The molecule has 0 aliphatic carbocycles. The van der Waals surface area contributed by atoms with Crippen molar-refractivity contribution >= 4 is 0 Å². The Morgan fingerprint density at radius 1 is 1.86 bits per heavy atom. The average molecular weight is 95.1 g/mol. The molecule has 0 atom stereocenters. The molecule has 0 aromatic heterocycles. The first-order valence-electron chi connectivity index (χ1n) is 1.77. The van der Waals surface area contributed by atoms with Gasteiger partial charge in [0.2, 0.25) is 6.73 Å². The van der Waals surface area contributed by atoms with Crippen LogP contribution in [0.25, 0.3) is 0 Å². The summed E-state index contributed by atoms with van der Waals surface area (Å²) in [5, 5.41) is 10.6. The maximum Gasteiger partial charge on any atom is 0.226 e. The van der Waals surface area contributed by atoms with E-state index < -0.39 is 0 Å². The molecule has 35 valence electrons. The summed E-state index contributed by atoms with van der Waals surface area (Å²) in [7, 11) is 0. The number of nitrogens with zero attached hydrogens (tertiary/aromatic N) is 1. The lowest BCUT2D eigenvalue weighted by Crippen LogP contribution is -1.99. The Bertz CT molecular complexity index is 133. The van der Waals surface area contributed by atoms with E-state index in [9.17, 15) is 0 Å². The van der Waals surface area contributed by atoms with Gasteiger partial charge in [-0.1, -0.05) is 0 Å². The molecule has 3 nitrogen and oxygen atoms in total. The van der Waals surface area contributed by atoms with Gasteiger partial charge in [0.1, 0.15) is 12.3 Å². The monoisotopic (exact) mass is 95.0 g/mol. The Labute approximate surface area is 41.2 Å². The SMILES string of the molecule is N#CC1=CO[CH]N1. The predicted octanol–water partition coefficient (Wildman–Crippen LogP) is 0.0905. The maximum absolute atomic E-state index is 8.09. The quantitative estimate of drug-likeness (QED) is 0.463. The molecule has 1 rings (SSSR count). The highest BCUT2D eigenvalue weighted by Gasteiger charge is 1.99. The Balaban J connectivity index is 2.57. The minimum Gasteiger partial charge on any atom is -0.469 e. The van der Waals surface area contributed by atoms with Gasteiger partial charge in [0.15, 0.2) is 5.70 Å². The smallest absolute Gasteiger partial charge is 0.226 e. The highest BCUT2D eigenvalue weighted by molar-refractivity contribution is 5.19. The van der Waals surface area contributed by atoms with Crippen molar-refractivity contribution in [3.8, 4) is 6.07 Å². The van der Waals surface area contributed by atoms with Crippen LogP contribution < -0.4 is 5.32 Å². The molecule has 3 heteroatoms. The Morgan fingerprint density at radius 2 is 2.71 bits per heavy atom. The normalized spacial score (nSPS) is 16.1. The van der Waals surface area contributed by atoms with Gasteiger partial charge in [-0.3, -0.25) is 0 Å². The minimum absolute atomic E-state index is 0.444. The fourth-order valence-corrected chi connectivity index (χ4v) is 0.292. The molecule has 0 unspecified atom stereocenters. The summed E-state index contributed by atoms with van der Waals surface area (Å²) in [6.07, 6.45) is 1.35. The van der Waals surface area contributed by atoms with E-state index in [0.717, 1.165) is 0 Å². The fraction of sp³-hybridized carbons (Fsp3) is 0. The summed E-state index contributed by atoms with van der Waals surface area (Å²) in [5.74, 6) is 0. The second-order valence-corrected chi connectivity index (χ2v) is 1.04. The second-order valence-electron chi connectivity index (χ2n) is 1.04. The molecule has 1 N–H and O–H groups in total. The molecule has 0 fully saturated rings. The molecule has 1 heterocycles. The van der Waals surface area contributed by atoms with Gasteiger partial charge in [-0.2, -0.15) is 5.26 Å². The van der Waals surface area contributed by atoms with E-state index in [1.165, 1.54) is 13.0 Å². The van der Waals surface area contributed by atoms with E-state index in [0.29, 0.717) is 5.70 Å². The third kappa shape index (κ3) is 0.631. The van der Waals surface area contributed by atoms with E-state index in [1.807, 2.05) is 6.07 Å². The largest absolute Gasteiger partial charge is 0.469 e. The third-order valence-electron chi connectivity index (χ3n) is 0.589. The standard InChI is InChI=1S/C4H3N2O/c5-1-4-2-7-3-6-4/h2-3,6H. The van der Waals surface area contributed by atoms with Crippen LogP contribution in [0.4, 0.5) is 0 Å². The molecule has 0 spiro atoms. The van der Waals surface area contributed by atoms with Gasteiger partial charge in [0.25, 0.3) is 0 Å². The molecule has 7 heavy (non-hydrogen) atoms. The van der Waals surface area contributed by atoms with E-state index in [-0.39, 0.29) is 0 Å². The molecular weight excluding hydrogens is 92.1 g/mol. The fourth-order valence-electron chi connectivity index (χ4n) is 0.292. The molecular formula is C4H3N2O. The van der Waals surface area contributed by atoms with Crippen molar-refractivity contribution in [3.05, 3.63) is 18.7 Å². The number of allylic oxidation sites excluding steroid dienone is 1. The van der Waals surface area contributed by atoms with Crippen molar-refractivity contribution in [2.75, 3.05) is 0 Å². The van der Waals surface area contributed by atoms with Crippen LogP contribution in [0, 0.1) is 18.1 Å². The topological polar surface area (TPSA) is 45.0 Å². The molecule has 0 aromatic carbocycles. The summed E-state index contributed by atoms with van der Waals surface area (Å²) >= 11 is 0. The van der Waals surface area contributed by atoms with Crippen LogP contribution in [0.3, 0.4) is 0 Å². The van der Waals surface area contributed by atoms with E-state index in [1.54, 1.807) is 0 Å². The molecule has 1 aliphatic heterocycles. The predicted molar refractivity (Wildman–Crippen MR) is 22.2 cm³/mol. The highest BCUT2D eigenvalue weighted by atomic mass is 16.5. The number of rotatable bonds is 0. The lowest BCUT2D eigenvalue weighted by molar-refractivity contribution is 0.345. The van der Waals surface area contributed by atoms with Gasteiger partial charge in [-0.05, 0) is 0 Å². The summed E-state index contributed by atoms with van der Waals surface area (Å²) in [6.45, 7) is 1.35. The van der Waals surface area contributed by atoms with Gasteiger partial charge in [-0.15, -0.1) is 0 Å². The lowest BCUT2D eigenvalue weighted by Gasteiger charge is -1.82. The van der Waals surface area contributed by atoms with Gasteiger partial charge < -0.3 is 10.1 Å². The number of nitriles is 1. The van der Waals surface area contributed by atoms with Crippen LogP contribution in [0.1, 0.15) is 0 Å². The zero-order chi connectivity index (χ0) is 5.11. The van der Waals surface area contributed by atoms with E-state index in [4.69, 9.17) is 5.26 Å². The Morgan fingerprint density at radius 3 is 3.00 bits per heavy atom. The molecule has 0 amide bonds. The number of hydrogen-bond acceptors (Lipinski definition) is 3. The van der Waals surface area contributed by atoms with Crippen molar-refractivity contribution in [2.45, 2.75) is 0 Å². The van der Waals surface area contributed by atoms with Gasteiger partial charge >= 0.3 is 0 Å². The van der Waals surface area contributed by atoms with Crippen molar-refractivity contribution in [1.82, 2.24) is 5.32 Å². The van der Waals surface area contributed by atoms with Crippen molar-refractivity contribution in [1.29, 1.82) is 5.26 Å². The first kappa shape index (κ1) is 4.00. The zero-order valence-electron chi connectivity index (χ0n) is 3.51. The van der Waals surface area contributed by atoms with E-state index >= 15 is 0 Å². The Kier molecular flexibility index (Phi) is 0.868. The second kappa shape index (κ2) is 1.52. The molecule has 1 aliphatic rings. The van der Waals surface area contributed by atoms with Crippen LogP contribution in [0.5, 0.6) is 0 Å². The summed E-state index contributed by atoms with van der Waals surface area (Å²) in [5.41, 5.74) is 0.444. The summed E-state index contributed by atoms with van der Waals surface area (Å²) in [4.78, 5) is 0.